The van der Waals surface area contributed by atoms with Crippen LogP contribution in [0.25, 0.3) is 11.2 Å². The molecule has 3 rings (SSSR count). The van der Waals surface area contributed by atoms with Gasteiger partial charge in [-0.1, -0.05) is 12.8 Å². The Kier molecular flexibility index (Phi) is 2.59. The largest absolute Gasteiger partial charge is 0.439 e. The van der Waals surface area contributed by atoms with Crippen molar-refractivity contribution in [2.75, 3.05) is 0 Å². The number of aromatic nitrogens is 2. The van der Waals surface area contributed by atoms with Crippen molar-refractivity contribution >= 4 is 11.2 Å². The van der Waals surface area contributed by atoms with E-state index in [0.717, 1.165) is 30.0 Å². The highest BCUT2D eigenvalue weighted by atomic mass is 16.3. The van der Waals surface area contributed by atoms with Crippen molar-refractivity contribution < 1.29 is 4.42 Å². The van der Waals surface area contributed by atoms with Gasteiger partial charge in [0.2, 0.25) is 5.89 Å². The van der Waals surface area contributed by atoms with Crippen LogP contribution in [0.3, 0.4) is 0 Å². The Morgan fingerprint density at radius 1 is 1.24 bits per heavy atom. The summed E-state index contributed by atoms with van der Waals surface area (Å²) in [7, 11) is 0. The van der Waals surface area contributed by atoms with E-state index < -0.39 is 0 Å². The van der Waals surface area contributed by atoms with E-state index in [1.54, 1.807) is 0 Å². The molecule has 0 amide bonds. The van der Waals surface area contributed by atoms with Gasteiger partial charge in [-0.3, -0.25) is 0 Å². The average molecular weight is 231 g/mol. The molecule has 17 heavy (non-hydrogen) atoms. The molecule has 4 nitrogen and oxygen atoms in total. The molecule has 1 saturated carbocycles. The highest BCUT2D eigenvalue weighted by molar-refractivity contribution is 5.67. The molecule has 2 atom stereocenters. The van der Waals surface area contributed by atoms with Crippen LogP contribution in [0.1, 0.15) is 43.2 Å². The molecule has 2 unspecified atom stereocenters. The van der Waals surface area contributed by atoms with Gasteiger partial charge in [0, 0.05) is 11.7 Å². The zero-order valence-corrected chi connectivity index (χ0v) is 10.0. The molecule has 90 valence electrons. The van der Waals surface area contributed by atoms with E-state index in [0.29, 0.717) is 5.65 Å². The Morgan fingerprint density at radius 2 is 2.06 bits per heavy atom. The first-order valence-corrected chi connectivity index (χ1v) is 6.24. The monoisotopic (exact) mass is 231 g/mol. The van der Waals surface area contributed by atoms with E-state index in [1.165, 1.54) is 12.8 Å². The summed E-state index contributed by atoms with van der Waals surface area (Å²) < 4.78 is 5.78. The van der Waals surface area contributed by atoms with Crippen LogP contribution in [0.2, 0.25) is 0 Å². The Bertz CT molecular complexity index is 534. The molecular weight excluding hydrogens is 214 g/mol. The van der Waals surface area contributed by atoms with Crippen LogP contribution in [0.5, 0.6) is 0 Å². The minimum absolute atomic E-state index is 0.179. The second kappa shape index (κ2) is 4.11. The summed E-state index contributed by atoms with van der Waals surface area (Å²) in [5.74, 6) is 1.03. The highest BCUT2D eigenvalue weighted by Gasteiger charge is 2.27. The molecule has 0 aromatic carbocycles. The third-order valence-electron chi connectivity index (χ3n) is 3.55. The van der Waals surface area contributed by atoms with Gasteiger partial charge in [-0.15, -0.1) is 0 Å². The molecule has 2 N–H and O–H groups in total. The third kappa shape index (κ3) is 1.93. The number of oxazole rings is 1. The number of hydrogen-bond donors (Lipinski definition) is 1. The van der Waals surface area contributed by atoms with Gasteiger partial charge in [0.05, 0.1) is 5.92 Å². The van der Waals surface area contributed by atoms with Gasteiger partial charge in [0.25, 0.3) is 0 Å². The number of fused-ring (bicyclic) bond motifs is 1. The van der Waals surface area contributed by atoms with Gasteiger partial charge in [-0.25, -0.2) is 4.98 Å². The first-order chi connectivity index (χ1) is 8.24. The smallest absolute Gasteiger partial charge is 0.201 e. The Labute approximate surface area is 100 Å². The molecule has 0 bridgehead atoms. The average Bonchev–Trinajstić information content (AvgIpc) is 2.72. The zero-order valence-electron chi connectivity index (χ0n) is 10.0. The first kappa shape index (κ1) is 10.7. The van der Waals surface area contributed by atoms with E-state index >= 15 is 0 Å². The fourth-order valence-electron chi connectivity index (χ4n) is 2.55. The Morgan fingerprint density at radius 3 is 2.88 bits per heavy atom. The summed E-state index contributed by atoms with van der Waals surface area (Å²) in [6.07, 6.45) is 4.57. The highest BCUT2D eigenvalue weighted by Crippen LogP contribution is 2.32. The van der Waals surface area contributed by atoms with Crippen molar-refractivity contribution in [3.63, 3.8) is 0 Å². The lowest BCUT2D eigenvalue weighted by Crippen LogP contribution is -2.31. The van der Waals surface area contributed by atoms with Crippen molar-refractivity contribution in [2.45, 2.75) is 44.6 Å². The van der Waals surface area contributed by atoms with Gasteiger partial charge >= 0.3 is 0 Å². The van der Waals surface area contributed by atoms with E-state index in [4.69, 9.17) is 10.2 Å². The van der Waals surface area contributed by atoms with Crippen molar-refractivity contribution in [1.82, 2.24) is 9.97 Å². The molecule has 2 heterocycles. The van der Waals surface area contributed by atoms with E-state index in [2.05, 4.69) is 9.97 Å². The van der Waals surface area contributed by atoms with Crippen LogP contribution < -0.4 is 5.73 Å². The maximum absolute atomic E-state index is 6.14. The van der Waals surface area contributed by atoms with Crippen LogP contribution in [0.15, 0.2) is 16.5 Å². The van der Waals surface area contributed by atoms with E-state index in [9.17, 15) is 0 Å². The minimum atomic E-state index is 0.179. The maximum Gasteiger partial charge on any atom is 0.201 e. The number of aryl methyl sites for hydroxylation is 1. The van der Waals surface area contributed by atoms with Crippen molar-refractivity contribution in [3.8, 4) is 0 Å². The summed E-state index contributed by atoms with van der Waals surface area (Å²) in [5, 5.41) is 0. The first-order valence-electron chi connectivity index (χ1n) is 6.24. The zero-order chi connectivity index (χ0) is 11.8. The molecule has 0 aliphatic heterocycles. The molecule has 0 spiro atoms. The number of hydrogen-bond acceptors (Lipinski definition) is 4. The lowest BCUT2D eigenvalue weighted by molar-refractivity contribution is 0.332. The van der Waals surface area contributed by atoms with Gasteiger partial charge in [0.1, 0.15) is 0 Å². The van der Waals surface area contributed by atoms with Gasteiger partial charge in [0.15, 0.2) is 11.2 Å². The number of rotatable bonds is 1. The van der Waals surface area contributed by atoms with Crippen LogP contribution >= 0.6 is 0 Å². The maximum atomic E-state index is 6.14. The molecule has 1 aliphatic rings. The fourth-order valence-corrected chi connectivity index (χ4v) is 2.55. The molecule has 0 radical (unpaired) electrons. The standard InChI is InChI=1S/C13H17N3O/c1-8-6-7-11-12(15-8)16-13(17-11)9-4-2-3-5-10(9)14/h6-7,9-10H,2-5,14H2,1H3. The Hall–Kier alpha value is -1.42. The quantitative estimate of drug-likeness (QED) is 0.819. The van der Waals surface area contributed by atoms with Crippen LogP contribution in [-0.4, -0.2) is 16.0 Å². The van der Waals surface area contributed by atoms with Crippen molar-refractivity contribution in [3.05, 3.63) is 23.7 Å². The minimum Gasteiger partial charge on any atom is -0.439 e. The number of pyridine rings is 1. The van der Waals surface area contributed by atoms with Gasteiger partial charge in [-0.2, -0.15) is 4.98 Å². The summed E-state index contributed by atoms with van der Waals surface area (Å²) in [5.41, 5.74) is 8.58. The predicted octanol–water partition coefficient (Wildman–Crippen LogP) is 2.52. The molecule has 2 aromatic rings. The summed E-state index contributed by atoms with van der Waals surface area (Å²) in [6, 6.07) is 4.05. The van der Waals surface area contributed by atoms with Crippen molar-refractivity contribution in [2.24, 2.45) is 5.73 Å². The lowest BCUT2D eigenvalue weighted by Gasteiger charge is -2.25. The SMILES string of the molecule is Cc1ccc2oc(C3CCCCC3N)nc2n1. The molecule has 0 saturated heterocycles. The predicted molar refractivity (Wildman–Crippen MR) is 65.7 cm³/mol. The Balaban J connectivity index is 1.99. The molecule has 1 fully saturated rings. The summed E-state index contributed by atoms with van der Waals surface area (Å²) in [6.45, 7) is 1.96. The molecular formula is C13H17N3O. The fraction of sp³-hybridized carbons (Fsp3) is 0.538. The van der Waals surface area contributed by atoms with Gasteiger partial charge < -0.3 is 10.2 Å². The summed E-state index contributed by atoms with van der Waals surface area (Å²) in [4.78, 5) is 8.86. The van der Waals surface area contributed by atoms with E-state index in [-0.39, 0.29) is 12.0 Å². The normalized spacial score (nSPS) is 25.3. The van der Waals surface area contributed by atoms with Crippen LogP contribution in [-0.2, 0) is 0 Å². The number of nitrogens with zero attached hydrogens (tertiary/aromatic N) is 2. The van der Waals surface area contributed by atoms with Crippen LogP contribution in [0.4, 0.5) is 0 Å². The van der Waals surface area contributed by atoms with Gasteiger partial charge in [-0.05, 0) is 31.9 Å². The van der Waals surface area contributed by atoms with Crippen molar-refractivity contribution in [1.29, 1.82) is 0 Å². The number of nitrogens with two attached hydrogens (primary N) is 1. The second-order valence-electron chi connectivity index (χ2n) is 4.88. The third-order valence-corrected chi connectivity index (χ3v) is 3.55. The lowest BCUT2D eigenvalue weighted by atomic mass is 9.85. The second-order valence-corrected chi connectivity index (χ2v) is 4.88. The van der Waals surface area contributed by atoms with Crippen LogP contribution in [0, 0.1) is 6.92 Å². The molecule has 2 aromatic heterocycles. The molecule has 1 aliphatic carbocycles. The van der Waals surface area contributed by atoms with E-state index in [1.807, 2.05) is 19.1 Å². The topological polar surface area (TPSA) is 64.9 Å². The summed E-state index contributed by atoms with van der Waals surface area (Å²) >= 11 is 0. The molecule has 4 heteroatoms.